The SMILES string of the molecule is COc1ccc(CC(=O)Nc2cc(C)[nH]n2)cn1. The number of ether oxygens (including phenoxy) is 1. The Bertz CT molecular complexity index is 533. The maximum atomic E-state index is 11.7. The third kappa shape index (κ3) is 3.07. The van der Waals surface area contributed by atoms with Crippen LogP contribution >= 0.6 is 0 Å². The van der Waals surface area contributed by atoms with Gasteiger partial charge in [-0.15, -0.1) is 0 Å². The topological polar surface area (TPSA) is 79.9 Å². The van der Waals surface area contributed by atoms with Gasteiger partial charge >= 0.3 is 0 Å². The van der Waals surface area contributed by atoms with E-state index in [-0.39, 0.29) is 12.3 Å². The number of rotatable bonds is 4. The van der Waals surface area contributed by atoms with Crippen LogP contribution in [-0.2, 0) is 11.2 Å². The van der Waals surface area contributed by atoms with Crippen LogP contribution < -0.4 is 10.1 Å². The van der Waals surface area contributed by atoms with Gasteiger partial charge in [0.15, 0.2) is 5.82 Å². The molecule has 18 heavy (non-hydrogen) atoms. The highest BCUT2D eigenvalue weighted by molar-refractivity contribution is 5.91. The number of H-pyrrole nitrogens is 1. The number of aryl methyl sites for hydroxylation is 1. The normalized spacial score (nSPS) is 10.1. The molecule has 0 fully saturated rings. The minimum absolute atomic E-state index is 0.131. The van der Waals surface area contributed by atoms with E-state index in [9.17, 15) is 4.79 Å². The molecule has 0 saturated heterocycles. The van der Waals surface area contributed by atoms with E-state index in [4.69, 9.17) is 4.74 Å². The average molecular weight is 246 g/mol. The van der Waals surface area contributed by atoms with Crippen LogP contribution in [0.15, 0.2) is 24.4 Å². The number of aromatic amines is 1. The summed E-state index contributed by atoms with van der Waals surface area (Å²) >= 11 is 0. The summed E-state index contributed by atoms with van der Waals surface area (Å²) in [5.74, 6) is 0.925. The molecule has 0 aromatic carbocycles. The number of hydrogen-bond donors (Lipinski definition) is 2. The Morgan fingerprint density at radius 3 is 2.89 bits per heavy atom. The van der Waals surface area contributed by atoms with Crippen molar-refractivity contribution in [3.8, 4) is 5.88 Å². The molecule has 1 amide bonds. The second kappa shape index (κ2) is 5.31. The highest BCUT2D eigenvalue weighted by atomic mass is 16.5. The number of hydrogen-bond acceptors (Lipinski definition) is 4. The first-order chi connectivity index (χ1) is 8.67. The van der Waals surface area contributed by atoms with Crippen LogP contribution in [-0.4, -0.2) is 28.2 Å². The highest BCUT2D eigenvalue weighted by Crippen LogP contribution is 2.09. The Morgan fingerprint density at radius 1 is 1.50 bits per heavy atom. The number of aromatic nitrogens is 3. The minimum Gasteiger partial charge on any atom is -0.481 e. The predicted octanol–water partition coefficient (Wildman–Crippen LogP) is 1.30. The fourth-order valence-corrected chi connectivity index (χ4v) is 1.49. The molecule has 94 valence electrons. The summed E-state index contributed by atoms with van der Waals surface area (Å²) in [6, 6.07) is 5.30. The van der Waals surface area contributed by atoms with E-state index in [0.717, 1.165) is 11.3 Å². The van der Waals surface area contributed by atoms with Crippen LogP contribution in [0.25, 0.3) is 0 Å². The first kappa shape index (κ1) is 12.1. The quantitative estimate of drug-likeness (QED) is 0.852. The molecule has 0 spiro atoms. The van der Waals surface area contributed by atoms with Crippen LogP contribution in [0.2, 0.25) is 0 Å². The molecule has 2 heterocycles. The van der Waals surface area contributed by atoms with E-state index in [2.05, 4.69) is 20.5 Å². The fraction of sp³-hybridized carbons (Fsp3) is 0.250. The number of carbonyl (C=O) groups is 1. The minimum atomic E-state index is -0.131. The Hall–Kier alpha value is -2.37. The summed E-state index contributed by atoms with van der Waals surface area (Å²) in [6.45, 7) is 1.87. The molecule has 0 bridgehead atoms. The van der Waals surface area contributed by atoms with E-state index in [1.807, 2.05) is 6.92 Å². The third-order valence-electron chi connectivity index (χ3n) is 2.34. The van der Waals surface area contributed by atoms with Gasteiger partial charge in [0.1, 0.15) is 0 Å². The maximum absolute atomic E-state index is 11.7. The smallest absolute Gasteiger partial charge is 0.230 e. The molecule has 2 aromatic heterocycles. The van der Waals surface area contributed by atoms with Crippen molar-refractivity contribution in [3.05, 3.63) is 35.7 Å². The van der Waals surface area contributed by atoms with Gasteiger partial charge in [-0.05, 0) is 12.5 Å². The zero-order valence-electron chi connectivity index (χ0n) is 10.2. The number of nitrogens with one attached hydrogen (secondary N) is 2. The van der Waals surface area contributed by atoms with Gasteiger partial charge in [0.2, 0.25) is 11.8 Å². The first-order valence-corrected chi connectivity index (χ1v) is 5.48. The Kier molecular flexibility index (Phi) is 3.57. The van der Waals surface area contributed by atoms with Gasteiger partial charge in [0.25, 0.3) is 0 Å². The highest BCUT2D eigenvalue weighted by Gasteiger charge is 2.06. The van der Waals surface area contributed by atoms with Crippen molar-refractivity contribution in [2.45, 2.75) is 13.3 Å². The summed E-state index contributed by atoms with van der Waals surface area (Å²) in [7, 11) is 1.55. The number of amides is 1. The van der Waals surface area contributed by atoms with Gasteiger partial charge in [-0.25, -0.2) is 4.98 Å². The lowest BCUT2D eigenvalue weighted by molar-refractivity contribution is -0.115. The lowest BCUT2D eigenvalue weighted by Crippen LogP contribution is -2.14. The molecule has 0 unspecified atom stereocenters. The van der Waals surface area contributed by atoms with Crippen molar-refractivity contribution >= 4 is 11.7 Å². The second-order valence-corrected chi connectivity index (χ2v) is 3.87. The Balaban J connectivity index is 1.94. The number of pyridine rings is 1. The number of methoxy groups -OCH3 is 1. The Morgan fingerprint density at radius 2 is 2.33 bits per heavy atom. The molecule has 0 radical (unpaired) electrons. The molecule has 2 N–H and O–H groups in total. The van der Waals surface area contributed by atoms with Crippen LogP contribution in [0.4, 0.5) is 5.82 Å². The van der Waals surface area contributed by atoms with Crippen molar-refractivity contribution in [1.29, 1.82) is 0 Å². The summed E-state index contributed by atoms with van der Waals surface area (Å²) < 4.78 is 4.95. The zero-order valence-corrected chi connectivity index (χ0v) is 10.2. The van der Waals surface area contributed by atoms with Gasteiger partial charge in [0.05, 0.1) is 13.5 Å². The van der Waals surface area contributed by atoms with Crippen LogP contribution in [0.1, 0.15) is 11.3 Å². The molecule has 0 saturated carbocycles. The summed E-state index contributed by atoms with van der Waals surface area (Å²) in [4.78, 5) is 15.8. The molecular weight excluding hydrogens is 232 g/mol. The van der Waals surface area contributed by atoms with Crippen LogP contribution in [0.5, 0.6) is 5.88 Å². The van der Waals surface area contributed by atoms with Gasteiger partial charge in [-0.3, -0.25) is 9.89 Å². The first-order valence-electron chi connectivity index (χ1n) is 5.48. The molecular formula is C12H14N4O2. The van der Waals surface area contributed by atoms with Gasteiger partial charge in [-0.1, -0.05) is 6.07 Å². The van der Waals surface area contributed by atoms with Crippen molar-refractivity contribution in [2.75, 3.05) is 12.4 Å². The van der Waals surface area contributed by atoms with E-state index >= 15 is 0 Å². The van der Waals surface area contributed by atoms with Crippen molar-refractivity contribution in [2.24, 2.45) is 0 Å². The number of nitrogens with zero attached hydrogens (tertiary/aromatic N) is 2. The molecule has 0 aliphatic rings. The summed E-state index contributed by atoms with van der Waals surface area (Å²) in [5, 5.41) is 9.39. The molecule has 0 aliphatic carbocycles. The molecule has 0 aliphatic heterocycles. The summed E-state index contributed by atoms with van der Waals surface area (Å²) in [6.07, 6.45) is 1.87. The van der Waals surface area contributed by atoms with Gasteiger partial charge in [0, 0.05) is 24.0 Å². The van der Waals surface area contributed by atoms with Crippen LogP contribution in [0.3, 0.4) is 0 Å². The van der Waals surface area contributed by atoms with E-state index in [0.29, 0.717) is 11.7 Å². The third-order valence-corrected chi connectivity index (χ3v) is 2.34. The monoisotopic (exact) mass is 246 g/mol. The second-order valence-electron chi connectivity index (χ2n) is 3.87. The van der Waals surface area contributed by atoms with Crippen molar-refractivity contribution < 1.29 is 9.53 Å². The molecule has 2 aromatic rings. The Labute approximate surface area is 104 Å². The largest absolute Gasteiger partial charge is 0.481 e. The van der Waals surface area contributed by atoms with E-state index in [1.54, 1.807) is 31.5 Å². The molecule has 6 heteroatoms. The maximum Gasteiger partial charge on any atom is 0.230 e. The summed E-state index contributed by atoms with van der Waals surface area (Å²) in [5.41, 5.74) is 1.72. The van der Waals surface area contributed by atoms with Crippen LogP contribution in [0, 0.1) is 6.92 Å². The standard InChI is InChI=1S/C12H14N4O2/c1-8-5-10(16-15-8)14-11(17)6-9-3-4-12(18-2)13-7-9/h3-5,7H,6H2,1-2H3,(H2,14,15,16,17). The van der Waals surface area contributed by atoms with E-state index < -0.39 is 0 Å². The lowest BCUT2D eigenvalue weighted by Gasteiger charge is -2.03. The van der Waals surface area contributed by atoms with Gasteiger partial charge < -0.3 is 10.1 Å². The van der Waals surface area contributed by atoms with E-state index in [1.165, 1.54) is 0 Å². The van der Waals surface area contributed by atoms with Gasteiger partial charge in [-0.2, -0.15) is 5.10 Å². The zero-order chi connectivity index (χ0) is 13.0. The lowest BCUT2D eigenvalue weighted by atomic mass is 10.2. The fourth-order valence-electron chi connectivity index (χ4n) is 1.49. The molecule has 6 nitrogen and oxygen atoms in total. The number of carbonyl (C=O) groups excluding carboxylic acids is 1. The molecule has 0 atom stereocenters. The predicted molar refractivity (Wildman–Crippen MR) is 66.4 cm³/mol. The number of anilines is 1. The van der Waals surface area contributed by atoms with Crippen molar-refractivity contribution in [3.63, 3.8) is 0 Å². The molecule has 2 rings (SSSR count). The average Bonchev–Trinajstić information content (AvgIpc) is 2.75. The van der Waals surface area contributed by atoms with Crippen molar-refractivity contribution in [1.82, 2.24) is 15.2 Å².